The van der Waals surface area contributed by atoms with E-state index in [0.29, 0.717) is 16.9 Å². The first-order chi connectivity index (χ1) is 8.20. The largest absolute Gasteiger partial charge is 0.399 e. The van der Waals surface area contributed by atoms with Gasteiger partial charge in [0.2, 0.25) is 0 Å². The molecule has 1 aliphatic carbocycles. The smallest absolute Gasteiger partial charge is 0.133 e. The summed E-state index contributed by atoms with van der Waals surface area (Å²) >= 11 is 5.88. The molecule has 1 unspecified atom stereocenters. The van der Waals surface area contributed by atoms with Crippen molar-refractivity contribution in [1.29, 1.82) is 0 Å². The van der Waals surface area contributed by atoms with Crippen LogP contribution in [0, 0.1) is 0 Å². The van der Waals surface area contributed by atoms with Crippen LogP contribution in [0.2, 0.25) is 5.15 Å². The van der Waals surface area contributed by atoms with Gasteiger partial charge in [-0.15, -0.1) is 0 Å². The molecule has 1 aromatic rings. The highest BCUT2D eigenvalue weighted by molar-refractivity contribution is 6.29. The van der Waals surface area contributed by atoms with Crippen LogP contribution in [-0.2, 0) is 0 Å². The molecule has 0 aromatic carbocycles. The van der Waals surface area contributed by atoms with Crippen LogP contribution in [0.4, 0.5) is 11.5 Å². The Hall–Kier alpha value is -1.00. The molecule has 1 atom stereocenters. The topological polar surface area (TPSA) is 54.2 Å². The second-order valence-electron chi connectivity index (χ2n) is 4.96. The van der Waals surface area contributed by atoms with Crippen molar-refractivity contribution in [2.75, 3.05) is 24.1 Å². The monoisotopic (exact) mass is 252 g/mol. The highest BCUT2D eigenvalue weighted by Gasteiger charge is 2.34. The standard InChI is InChI=1S/C12H17ClN4/c13-11-5-8(14)6-12(16-11)15-9-3-4-17(7-9)10-1-2-10/h5-6,9-10H,1-4,7H2,(H3,14,15,16). The third-order valence-electron chi connectivity index (χ3n) is 3.45. The molecule has 0 radical (unpaired) electrons. The number of aromatic nitrogens is 1. The summed E-state index contributed by atoms with van der Waals surface area (Å²) in [5.74, 6) is 0.789. The lowest BCUT2D eigenvalue weighted by Gasteiger charge is -2.16. The van der Waals surface area contributed by atoms with Crippen molar-refractivity contribution < 1.29 is 0 Å². The van der Waals surface area contributed by atoms with Gasteiger partial charge in [-0.3, -0.25) is 4.90 Å². The Balaban J connectivity index is 1.62. The first kappa shape index (κ1) is 11.1. The van der Waals surface area contributed by atoms with Crippen LogP contribution in [0.5, 0.6) is 0 Å². The lowest BCUT2D eigenvalue weighted by Crippen LogP contribution is -2.28. The predicted octanol–water partition coefficient (Wildman–Crippen LogP) is 1.97. The van der Waals surface area contributed by atoms with E-state index in [1.807, 2.05) is 6.07 Å². The summed E-state index contributed by atoms with van der Waals surface area (Å²) in [6.45, 7) is 2.30. The average Bonchev–Trinajstić information content (AvgIpc) is 2.99. The van der Waals surface area contributed by atoms with Crippen molar-refractivity contribution in [3.05, 3.63) is 17.3 Å². The van der Waals surface area contributed by atoms with Gasteiger partial charge >= 0.3 is 0 Å². The lowest BCUT2D eigenvalue weighted by molar-refractivity contribution is 0.326. The number of nitrogens with zero attached hydrogens (tertiary/aromatic N) is 2. The lowest BCUT2D eigenvalue weighted by atomic mass is 10.2. The van der Waals surface area contributed by atoms with Gasteiger partial charge in [0.05, 0.1) is 0 Å². The zero-order valence-corrected chi connectivity index (χ0v) is 10.5. The fourth-order valence-corrected chi connectivity index (χ4v) is 2.69. The maximum Gasteiger partial charge on any atom is 0.133 e. The number of hydrogen-bond acceptors (Lipinski definition) is 4. The van der Waals surface area contributed by atoms with Crippen LogP contribution in [0.3, 0.4) is 0 Å². The van der Waals surface area contributed by atoms with E-state index in [4.69, 9.17) is 17.3 Å². The molecule has 1 aliphatic heterocycles. The molecule has 3 N–H and O–H groups in total. The second kappa shape index (κ2) is 4.35. The van der Waals surface area contributed by atoms with Gasteiger partial charge < -0.3 is 11.1 Å². The molecule has 1 aromatic heterocycles. The minimum atomic E-state index is 0.449. The van der Waals surface area contributed by atoms with E-state index in [2.05, 4.69) is 15.2 Å². The summed E-state index contributed by atoms with van der Waals surface area (Å²) in [7, 11) is 0. The molecule has 0 spiro atoms. The van der Waals surface area contributed by atoms with Gasteiger partial charge in [0.15, 0.2) is 0 Å². The molecule has 1 saturated heterocycles. The Labute approximate surface area is 106 Å². The number of nitrogen functional groups attached to an aromatic ring is 1. The number of hydrogen-bond donors (Lipinski definition) is 2. The van der Waals surface area contributed by atoms with Crippen molar-refractivity contribution in [1.82, 2.24) is 9.88 Å². The molecule has 2 fully saturated rings. The van der Waals surface area contributed by atoms with E-state index >= 15 is 0 Å². The number of rotatable bonds is 3. The number of anilines is 2. The fraction of sp³-hybridized carbons (Fsp3) is 0.583. The van der Waals surface area contributed by atoms with E-state index < -0.39 is 0 Å². The normalized spacial score (nSPS) is 25.1. The zero-order chi connectivity index (χ0) is 11.8. The zero-order valence-electron chi connectivity index (χ0n) is 9.69. The first-order valence-electron chi connectivity index (χ1n) is 6.14. The molecule has 0 amide bonds. The summed E-state index contributed by atoms with van der Waals surface area (Å²) in [4.78, 5) is 6.80. The third kappa shape index (κ3) is 2.64. The quantitative estimate of drug-likeness (QED) is 0.808. The van der Waals surface area contributed by atoms with Gasteiger partial charge in [0.1, 0.15) is 11.0 Å². The fourth-order valence-electron chi connectivity index (χ4n) is 2.48. The Morgan fingerprint density at radius 3 is 2.88 bits per heavy atom. The number of nitrogens with two attached hydrogens (primary N) is 1. The van der Waals surface area contributed by atoms with Crippen LogP contribution in [0.1, 0.15) is 19.3 Å². The molecule has 2 aliphatic rings. The van der Waals surface area contributed by atoms with Crippen molar-refractivity contribution in [3.63, 3.8) is 0 Å². The summed E-state index contributed by atoms with van der Waals surface area (Å²) in [5.41, 5.74) is 6.40. The second-order valence-corrected chi connectivity index (χ2v) is 5.35. The third-order valence-corrected chi connectivity index (χ3v) is 3.64. The van der Waals surface area contributed by atoms with E-state index in [-0.39, 0.29) is 0 Å². The Morgan fingerprint density at radius 1 is 1.35 bits per heavy atom. The minimum Gasteiger partial charge on any atom is -0.399 e. The van der Waals surface area contributed by atoms with Gasteiger partial charge in [0.25, 0.3) is 0 Å². The van der Waals surface area contributed by atoms with Gasteiger partial charge in [0, 0.05) is 36.9 Å². The van der Waals surface area contributed by atoms with Crippen molar-refractivity contribution in [3.8, 4) is 0 Å². The molecule has 3 rings (SSSR count). The van der Waals surface area contributed by atoms with Crippen molar-refractivity contribution >= 4 is 23.1 Å². The van der Waals surface area contributed by atoms with Crippen LogP contribution < -0.4 is 11.1 Å². The van der Waals surface area contributed by atoms with Crippen molar-refractivity contribution in [2.24, 2.45) is 0 Å². The average molecular weight is 253 g/mol. The van der Waals surface area contributed by atoms with Gasteiger partial charge in [-0.2, -0.15) is 0 Å². The highest BCUT2D eigenvalue weighted by Crippen LogP contribution is 2.30. The minimum absolute atomic E-state index is 0.449. The van der Waals surface area contributed by atoms with E-state index in [1.165, 1.54) is 25.8 Å². The molecule has 0 bridgehead atoms. The Bertz CT molecular complexity index is 399. The van der Waals surface area contributed by atoms with E-state index in [1.54, 1.807) is 6.07 Å². The summed E-state index contributed by atoms with van der Waals surface area (Å²) < 4.78 is 0. The Kier molecular flexibility index (Phi) is 2.84. The molecule has 4 nitrogen and oxygen atoms in total. The Morgan fingerprint density at radius 2 is 2.18 bits per heavy atom. The molecule has 1 saturated carbocycles. The van der Waals surface area contributed by atoms with Gasteiger partial charge in [-0.1, -0.05) is 11.6 Å². The van der Waals surface area contributed by atoms with Gasteiger partial charge in [-0.25, -0.2) is 4.98 Å². The van der Waals surface area contributed by atoms with Crippen LogP contribution >= 0.6 is 11.6 Å². The number of nitrogens with one attached hydrogen (secondary N) is 1. The molecule has 92 valence electrons. The number of halogens is 1. The van der Waals surface area contributed by atoms with E-state index in [0.717, 1.165) is 18.4 Å². The van der Waals surface area contributed by atoms with Gasteiger partial charge in [-0.05, 0) is 25.3 Å². The molecular weight excluding hydrogens is 236 g/mol. The van der Waals surface area contributed by atoms with Crippen molar-refractivity contribution in [2.45, 2.75) is 31.3 Å². The summed E-state index contributed by atoms with van der Waals surface area (Å²) in [6.07, 6.45) is 3.91. The molecule has 5 heteroatoms. The summed E-state index contributed by atoms with van der Waals surface area (Å²) in [5, 5.41) is 3.87. The summed E-state index contributed by atoms with van der Waals surface area (Å²) in [6, 6.07) is 4.82. The number of likely N-dealkylation sites (tertiary alicyclic amines) is 1. The molecular formula is C12H17ClN4. The number of pyridine rings is 1. The maximum atomic E-state index is 5.88. The van der Waals surface area contributed by atoms with E-state index in [9.17, 15) is 0 Å². The molecule has 17 heavy (non-hydrogen) atoms. The highest BCUT2D eigenvalue weighted by atomic mass is 35.5. The SMILES string of the molecule is Nc1cc(Cl)nc(NC2CCN(C3CC3)C2)c1. The molecule has 2 heterocycles. The van der Waals surface area contributed by atoms with Crippen LogP contribution in [0.15, 0.2) is 12.1 Å². The maximum absolute atomic E-state index is 5.88. The predicted molar refractivity (Wildman–Crippen MR) is 70.3 cm³/mol. The first-order valence-corrected chi connectivity index (χ1v) is 6.52. The van der Waals surface area contributed by atoms with Crippen LogP contribution in [-0.4, -0.2) is 35.1 Å². The van der Waals surface area contributed by atoms with Crippen LogP contribution in [0.25, 0.3) is 0 Å².